The van der Waals surface area contributed by atoms with Gasteiger partial charge in [-0.05, 0) is 61.7 Å². The van der Waals surface area contributed by atoms with E-state index < -0.39 is 5.91 Å². The largest absolute Gasteiger partial charge is 0.379 e. The molecule has 0 saturated heterocycles. The van der Waals surface area contributed by atoms with Crippen molar-refractivity contribution in [1.82, 2.24) is 0 Å². The Kier molecular flexibility index (Phi) is 4.61. The van der Waals surface area contributed by atoms with Gasteiger partial charge in [0.2, 0.25) is 5.91 Å². The highest BCUT2D eigenvalue weighted by atomic mass is 79.9. The highest BCUT2D eigenvalue weighted by Crippen LogP contribution is 2.30. The van der Waals surface area contributed by atoms with E-state index in [2.05, 4.69) is 37.2 Å². The Bertz CT molecular complexity index is 594. The molecule has 0 atom stereocenters. The van der Waals surface area contributed by atoms with E-state index in [1.54, 1.807) is 12.1 Å². The molecule has 0 aliphatic carbocycles. The maximum absolute atomic E-state index is 11.1. The van der Waals surface area contributed by atoms with E-state index >= 15 is 0 Å². The van der Waals surface area contributed by atoms with Crippen LogP contribution in [-0.2, 0) is 6.54 Å². The first-order valence-corrected chi connectivity index (χ1v) is 7.23. The summed E-state index contributed by atoms with van der Waals surface area (Å²) in [5.74, 6) is -0.413. The summed E-state index contributed by atoms with van der Waals surface area (Å²) in [4.78, 5) is 11.1. The number of rotatable bonds is 4. The fourth-order valence-electron chi connectivity index (χ4n) is 1.69. The highest BCUT2D eigenvalue weighted by Gasteiger charge is 2.05. The van der Waals surface area contributed by atoms with Crippen molar-refractivity contribution in [2.45, 2.75) is 6.54 Å². The summed E-state index contributed by atoms with van der Waals surface area (Å²) in [7, 11) is 0. The Hall–Kier alpha value is -1.33. The van der Waals surface area contributed by atoms with Crippen molar-refractivity contribution in [3.05, 3.63) is 62.5 Å². The molecule has 0 aromatic heterocycles. The Balaban J connectivity index is 2.15. The van der Waals surface area contributed by atoms with E-state index in [9.17, 15) is 4.79 Å². The standard InChI is InChI=1S/C14H12Br2N2O/c15-11-5-2-6-12(16)13(11)18-8-9-3-1-4-10(7-9)14(17)19/h1-7,18H,8H2,(H2,17,19). The molecule has 98 valence electrons. The lowest BCUT2D eigenvalue weighted by Crippen LogP contribution is -2.11. The zero-order chi connectivity index (χ0) is 13.8. The number of nitrogens with one attached hydrogen (secondary N) is 1. The number of hydrogen-bond donors (Lipinski definition) is 2. The first kappa shape index (κ1) is 14.1. The number of benzene rings is 2. The average molecular weight is 384 g/mol. The molecule has 3 N–H and O–H groups in total. The lowest BCUT2D eigenvalue weighted by molar-refractivity contribution is 0.1000. The fourth-order valence-corrected chi connectivity index (χ4v) is 2.97. The number of hydrogen-bond acceptors (Lipinski definition) is 2. The van der Waals surface area contributed by atoms with Crippen molar-refractivity contribution in [3.63, 3.8) is 0 Å². The number of para-hydroxylation sites is 1. The molecule has 0 bridgehead atoms. The number of primary amides is 1. The molecular weight excluding hydrogens is 372 g/mol. The van der Waals surface area contributed by atoms with Crippen molar-refractivity contribution in [3.8, 4) is 0 Å². The zero-order valence-electron chi connectivity index (χ0n) is 9.99. The summed E-state index contributed by atoms with van der Waals surface area (Å²) in [6.45, 7) is 0.613. The Morgan fingerprint density at radius 3 is 2.37 bits per heavy atom. The molecule has 0 aliphatic rings. The van der Waals surface area contributed by atoms with Gasteiger partial charge in [-0.3, -0.25) is 4.79 Å². The third-order valence-electron chi connectivity index (χ3n) is 2.64. The minimum Gasteiger partial charge on any atom is -0.379 e. The van der Waals surface area contributed by atoms with Crippen LogP contribution in [0.1, 0.15) is 15.9 Å². The van der Waals surface area contributed by atoms with Crippen molar-refractivity contribution in [2.24, 2.45) is 5.73 Å². The van der Waals surface area contributed by atoms with E-state index in [1.165, 1.54) is 0 Å². The summed E-state index contributed by atoms with van der Waals surface area (Å²) in [5, 5.41) is 3.32. The minimum atomic E-state index is -0.413. The van der Waals surface area contributed by atoms with Crippen LogP contribution >= 0.6 is 31.9 Å². The van der Waals surface area contributed by atoms with Gasteiger partial charge in [0.1, 0.15) is 0 Å². The van der Waals surface area contributed by atoms with Crippen molar-refractivity contribution in [1.29, 1.82) is 0 Å². The molecule has 2 aromatic carbocycles. The summed E-state index contributed by atoms with van der Waals surface area (Å²) < 4.78 is 1.96. The fraction of sp³-hybridized carbons (Fsp3) is 0.0714. The van der Waals surface area contributed by atoms with Gasteiger partial charge in [-0.2, -0.15) is 0 Å². The average Bonchev–Trinajstić information content (AvgIpc) is 2.38. The van der Waals surface area contributed by atoms with Gasteiger partial charge in [0.05, 0.1) is 5.69 Å². The van der Waals surface area contributed by atoms with Gasteiger partial charge in [-0.1, -0.05) is 18.2 Å². The summed E-state index contributed by atoms with van der Waals surface area (Å²) in [5.41, 5.74) is 7.76. The van der Waals surface area contributed by atoms with Gasteiger partial charge in [0.15, 0.2) is 0 Å². The van der Waals surface area contributed by atoms with Gasteiger partial charge in [-0.15, -0.1) is 0 Å². The number of nitrogens with two attached hydrogens (primary N) is 1. The van der Waals surface area contributed by atoms with Crippen LogP contribution in [0.3, 0.4) is 0 Å². The monoisotopic (exact) mass is 382 g/mol. The molecule has 0 radical (unpaired) electrons. The lowest BCUT2D eigenvalue weighted by atomic mass is 10.1. The molecular formula is C14H12Br2N2O. The molecule has 0 aliphatic heterocycles. The molecule has 0 unspecified atom stereocenters. The molecule has 0 fully saturated rings. The predicted octanol–water partition coefficient (Wildman–Crippen LogP) is 3.92. The second-order valence-electron chi connectivity index (χ2n) is 4.01. The first-order chi connectivity index (χ1) is 9.08. The Morgan fingerprint density at radius 2 is 1.74 bits per heavy atom. The van der Waals surface area contributed by atoms with Crippen LogP contribution in [-0.4, -0.2) is 5.91 Å². The Morgan fingerprint density at radius 1 is 1.11 bits per heavy atom. The molecule has 2 aromatic rings. The molecule has 19 heavy (non-hydrogen) atoms. The highest BCUT2D eigenvalue weighted by molar-refractivity contribution is 9.11. The lowest BCUT2D eigenvalue weighted by Gasteiger charge is -2.11. The van der Waals surface area contributed by atoms with Crippen LogP contribution in [0.15, 0.2) is 51.4 Å². The van der Waals surface area contributed by atoms with Gasteiger partial charge < -0.3 is 11.1 Å². The van der Waals surface area contributed by atoms with Crippen LogP contribution in [0, 0.1) is 0 Å². The van der Waals surface area contributed by atoms with Crippen LogP contribution in [0.25, 0.3) is 0 Å². The van der Waals surface area contributed by atoms with Crippen molar-refractivity contribution >= 4 is 43.5 Å². The van der Waals surface area contributed by atoms with Gasteiger partial charge in [0.25, 0.3) is 0 Å². The van der Waals surface area contributed by atoms with Gasteiger partial charge in [0, 0.05) is 21.1 Å². The SMILES string of the molecule is NC(=O)c1cccc(CNc2c(Br)cccc2Br)c1. The van der Waals surface area contributed by atoms with Gasteiger partial charge in [-0.25, -0.2) is 0 Å². The molecule has 1 amide bonds. The predicted molar refractivity (Wildman–Crippen MR) is 84.1 cm³/mol. The van der Waals surface area contributed by atoms with Crippen molar-refractivity contribution < 1.29 is 4.79 Å². The van der Waals surface area contributed by atoms with Crippen LogP contribution in [0.5, 0.6) is 0 Å². The van der Waals surface area contributed by atoms with Crippen LogP contribution in [0.4, 0.5) is 5.69 Å². The number of carbonyl (C=O) groups excluding carboxylic acids is 1. The minimum absolute atomic E-state index is 0.413. The second kappa shape index (κ2) is 6.21. The molecule has 0 heterocycles. The third kappa shape index (κ3) is 3.58. The topological polar surface area (TPSA) is 55.1 Å². The third-order valence-corrected chi connectivity index (χ3v) is 3.97. The summed E-state index contributed by atoms with van der Waals surface area (Å²) >= 11 is 6.98. The first-order valence-electron chi connectivity index (χ1n) is 5.64. The molecule has 0 saturated carbocycles. The molecule has 5 heteroatoms. The van der Waals surface area contributed by atoms with E-state index in [0.29, 0.717) is 12.1 Å². The van der Waals surface area contributed by atoms with E-state index in [1.807, 2.05) is 30.3 Å². The number of halogens is 2. The number of anilines is 1. The number of amides is 1. The normalized spacial score (nSPS) is 10.2. The van der Waals surface area contributed by atoms with Crippen LogP contribution in [0.2, 0.25) is 0 Å². The zero-order valence-corrected chi connectivity index (χ0v) is 13.2. The van der Waals surface area contributed by atoms with E-state index in [-0.39, 0.29) is 0 Å². The second-order valence-corrected chi connectivity index (χ2v) is 5.72. The van der Waals surface area contributed by atoms with Crippen LogP contribution < -0.4 is 11.1 Å². The molecule has 2 rings (SSSR count). The number of carbonyl (C=O) groups is 1. The summed E-state index contributed by atoms with van der Waals surface area (Å²) in [6, 6.07) is 13.2. The smallest absolute Gasteiger partial charge is 0.248 e. The maximum atomic E-state index is 11.1. The maximum Gasteiger partial charge on any atom is 0.248 e. The van der Waals surface area contributed by atoms with Crippen molar-refractivity contribution in [2.75, 3.05) is 5.32 Å². The van der Waals surface area contributed by atoms with Gasteiger partial charge >= 0.3 is 0 Å². The quantitative estimate of drug-likeness (QED) is 0.840. The van der Waals surface area contributed by atoms with E-state index in [4.69, 9.17) is 5.73 Å². The molecule has 3 nitrogen and oxygen atoms in total. The van der Waals surface area contributed by atoms with E-state index in [0.717, 1.165) is 20.2 Å². The summed E-state index contributed by atoms with van der Waals surface area (Å²) in [6.07, 6.45) is 0. The Labute approximate surface area is 128 Å². The molecule has 0 spiro atoms.